The molecule has 7 unspecified atom stereocenters. The zero-order valence-corrected chi connectivity index (χ0v) is 50.1. The van der Waals surface area contributed by atoms with E-state index in [2.05, 4.69) is 18.0 Å². The number of hydrogen-bond donors (Lipinski definition) is 4. The molecule has 27 heteroatoms. The average Bonchev–Trinajstić information content (AvgIpc) is 3.14. The largest absolute Gasteiger partial charge is 1.00 e. The number of esters is 5. The Balaban J connectivity index is -0.0000000767. The Morgan fingerprint density at radius 1 is 0.857 bits per heavy atom. The first-order valence-electron chi connectivity index (χ1n) is 20.5. The smallest absolute Gasteiger partial charge is 1.00 e. The van der Waals surface area contributed by atoms with Crippen LogP contribution in [0.4, 0.5) is 12.9 Å². The van der Waals surface area contributed by atoms with Crippen LogP contribution in [0.3, 0.4) is 0 Å². The molecule has 0 aromatic carbocycles. The molecule has 70 heavy (non-hydrogen) atoms. The van der Waals surface area contributed by atoms with E-state index in [0.717, 1.165) is 20.3 Å². The Labute approximate surface area is 497 Å². The number of ether oxygens (including phenoxy) is 6. The SMILES string of the molecule is C=C(C)C(=O)O.C=C(C)C(=O)OC1(C)CC(=O)OC(C)C1.C=O.CC(=O)CC(C)O.CC(=O)OC(C)CC1(C)CC(=O)O1.CC1CC(C)(O)CC(=O)O1.CCOCC.CO.FB(F)F.O=CO[O-].[H-].[K+].[K+]. The van der Waals surface area contributed by atoms with Crippen LogP contribution in [0, 0.1) is 0 Å². The van der Waals surface area contributed by atoms with Crippen LogP contribution in [0.2, 0.25) is 0 Å². The molecule has 3 aliphatic heterocycles. The van der Waals surface area contributed by atoms with E-state index in [0.29, 0.717) is 31.3 Å². The summed E-state index contributed by atoms with van der Waals surface area (Å²) in [5.74, 6) is -2.47. The van der Waals surface area contributed by atoms with Crippen LogP contribution in [0.1, 0.15) is 136 Å². The second kappa shape index (κ2) is 51.9. The maximum Gasteiger partial charge on any atom is 1.00 e. The van der Waals surface area contributed by atoms with E-state index in [1.54, 1.807) is 48.5 Å². The Kier molecular flexibility index (Phi) is 65.1. The molecule has 0 aliphatic carbocycles. The molecule has 21 nitrogen and oxygen atoms in total. The van der Waals surface area contributed by atoms with Crippen molar-refractivity contribution in [2.45, 2.75) is 176 Å². The van der Waals surface area contributed by atoms with E-state index < -0.39 is 42.4 Å². The summed E-state index contributed by atoms with van der Waals surface area (Å²) < 4.78 is 58.7. The van der Waals surface area contributed by atoms with Gasteiger partial charge in [0.05, 0.1) is 31.0 Å². The van der Waals surface area contributed by atoms with Crippen LogP contribution in [0.25, 0.3) is 0 Å². The van der Waals surface area contributed by atoms with Gasteiger partial charge >= 0.3 is 146 Å². The molecule has 0 aromatic heterocycles. The van der Waals surface area contributed by atoms with E-state index in [4.69, 9.17) is 58.6 Å². The van der Waals surface area contributed by atoms with E-state index in [-0.39, 0.29) is 183 Å². The summed E-state index contributed by atoms with van der Waals surface area (Å²) in [6.45, 7) is 32.2. The number of rotatable bonds is 11. The van der Waals surface area contributed by atoms with Gasteiger partial charge in [-0.15, -0.1) is 0 Å². The molecular weight excluding hydrogens is 998 g/mol. The topological polar surface area (TPSA) is 322 Å². The van der Waals surface area contributed by atoms with Gasteiger partial charge in [0.1, 0.15) is 42.1 Å². The molecule has 3 fully saturated rings. The van der Waals surface area contributed by atoms with Crippen molar-refractivity contribution in [2.24, 2.45) is 0 Å². The number of ketones is 1. The molecule has 0 aromatic rings. The van der Waals surface area contributed by atoms with Gasteiger partial charge in [-0.05, 0) is 83.1 Å². The summed E-state index contributed by atoms with van der Waals surface area (Å²) >= 11 is 0. The maximum atomic E-state index is 11.4. The van der Waals surface area contributed by atoms with Gasteiger partial charge < -0.3 is 65.2 Å². The Bertz CT molecular complexity index is 1470. The van der Waals surface area contributed by atoms with Crippen LogP contribution in [0.15, 0.2) is 24.3 Å². The van der Waals surface area contributed by atoms with Gasteiger partial charge in [-0.3, -0.25) is 41.7 Å². The number of aliphatic carboxylic acids is 1. The van der Waals surface area contributed by atoms with E-state index in [9.17, 15) is 51.6 Å². The number of halogens is 3. The minimum atomic E-state index is -3.67. The predicted molar refractivity (Wildman–Crippen MR) is 239 cm³/mol. The zero-order chi connectivity index (χ0) is 55.6. The Morgan fingerprint density at radius 3 is 1.44 bits per heavy atom. The molecule has 0 spiro atoms. The van der Waals surface area contributed by atoms with Gasteiger partial charge in [0, 0.05) is 64.1 Å². The molecule has 3 aliphatic rings. The van der Waals surface area contributed by atoms with Crippen molar-refractivity contribution in [2.75, 3.05) is 20.3 Å². The van der Waals surface area contributed by atoms with E-state index in [1.807, 2.05) is 27.6 Å². The molecule has 0 bridgehead atoms. The van der Waals surface area contributed by atoms with Gasteiger partial charge in [0.15, 0.2) is 0 Å². The summed E-state index contributed by atoms with van der Waals surface area (Å²) in [5, 5.41) is 41.2. The van der Waals surface area contributed by atoms with Crippen molar-refractivity contribution in [3.05, 3.63) is 24.3 Å². The summed E-state index contributed by atoms with van der Waals surface area (Å²) in [4.78, 5) is 93.4. The van der Waals surface area contributed by atoms with Crippen molar-refractivity contribution in [1.82, 2.24) is 0 Å². The molecule has 4 N–H and O–H groups in total. The normalized spacial score (nSPS) is 21.2. The predicted octanol–water partition coefficient (Wildman–Crippen LogP) is -2.02. The molecule has 3 saturated heterocycles. The minimum absolute atomic E-state index is 0. The molecular formula is C43H76BF3K2O21. The van der Waals surface area contributed by atoms with Crippen LogP contribution < -0.4 is 108 Å². The summed E-state index contributed by atoms with van der Waals surface area (Å²) in [6.07, 6.45) is 1.53. The number of carbonyl (C=O) groups excluding carboxylic acids is 8. The molecule has 0 radical (unpaired) electrons. The molecule has 3 heterocycles. The standard InChI is InChI=1S/C11H16O4.C9H14O4.C7H12O3.C5H10O2.C4H6O2.C4H10O.CH2O3.CH4O.CH2O.BF3.2K.H/c1-7(2)10(13)15-11(4)5-8(3)14-9(12)6-11;1-6(12-7(2)10)4-9(3)5-8(11)13-9;1-5-3-7(2,9)4-6(8)10-5;1-4(6)3-5(2)7;1-3(2)4(5)6;1-3-5-4-2;2-1-4-3;2*1-2;2-1(3)4;;;/h8H,1,5-6H2,2-4H3;6H,4-5H2,1-3H3;5,9H,3-4H2,1-2H3;4,6H,3H2,1-2H3;1H2,2H3,(H,5,6);3-4H2,1-2H3;1,3H;2H,1H3;1H2;;;;/q;;;;;;;;;;2*+1;-1/p-1. The van der Waals surface area contributed by atoms with Crippen molar-refractivity contribution < 1.29 is 219 Å². The fourth-order valence-corrected chi connectivity index (χ4v) is 5.23. The van der Waals surface area contributed by atoms with Gasteiger partial charge in [0.2, 0.25) is 0 Å². The quantitative estimate of drug-likeness (QED) is 0.0330. The molecule has 400 valence electrons. The third-order valence-corrected chi connectivity index (χ3v) is 7.20. The van der Waals surface area contributed by atoms with Gasteiger partial charge in [0.25, 0.3) is 6.47 Å². The summed E-state index contributed by atoms with van der Waals surface area (Å²) in [6, 6.07) is 0. The van der Waals surface area contributed by atoms with Gasteiger partial charge in [-0.2, -0.15) is 0 Å². The molecule has 0 amide bonds. The third-order valence-electron chi connectivity index (χ3n) is 7.20. The number of aliphatic hydroxyl groups is 3. The van der Waals surface area contributed by atoms with Crippen LogP contribution in [-0.2, 0) is 76.5 Å². The molecule has 3 rings (SSSR count). The first-order chi connectivity index (χ1) is 31.1. The average molecular weight is 1080 g/mol. The summed E-state index contributed by atoms with van der Waals surface area (Å²) in [5.41, 5.74) is -1.52. The second-order valence-electron chi connectivity index (χ2n) is 15.3. The van der Waals surface area contributed by atoms with Crippen LogP contribution in [0.5, 0.6) is 0 Å². The fraction of sp³-hybridized carbons (Fsp3) is 0.698. The van der Waals surface area contributed by atoms with Crippen LogP contribution >= 0.6 is 0 Å². The van der Waals surface area contributed by atoms with E-state index in [1.165, 1.54) is 20.8 Å². The second-order valence-corrected chi connectivity index (χ2v) is 15.3. The van der Waals surface area contributed by atoms with Crippen LogP contribution in [-0.4, -0.2) is 144 Å². The number of carboxylic acids is 1. The number of hydrogen-bond acceptors (Lipinski definition) is 20. The number of Topliss-reactive ketones (excluding diaryl/α,β-unsaturated/α-hetero) is 1. The van der Waals surface area contributed by atoms with E-state index >= 15 is 0 Å². The number of carboxylic acid groups (broad SMARTS) is 1. The number of carbonyl (C=O) groups is 9. The first-order valence-corrected chi connectivity index (χ1v) is 20.5. The van der Waals surface area contributed by atoms with Gasteiger partial charge in [-0.1, -0.05) is 13.2 Å². The monoisotopic (exact) mass is 1070 g/mol. The van der Waals surface area contributed by atoms with Crippen molar-refractivity contribution in [3.63, 3.8) is 0 Å². The minimum Gasteiger partial charge on any atom is -1.00 e. The zero-order valence-electron chi connectivity index (χ0n) is 44.8. The van der Waals surface area contributed by atoms with Gasteiger partial charge in [-0.25, -0.2) is 9.59 Å². The number of aliphatic hydroxyl groups excluding tert-OH is 2. The number of cyclic esters (lactones) is 3. The van der Waals surface area contributed by atoms with Crippen molar-refractivity contribution in [1.29, 1.82) is 0 Å². The fourth-order valence-electron chi connectivity index (χ4n) is 5.23. The molecule has 0 saturated carbocycles. The Hall–Kier alpha value is -1.96. The van der Waals surface area contributed by atoms with Crippen molar-refractivity contribution >= 4 is 62.4 Å². The Morgan fingerprint density at radius 2 is 1.23 bits per heavy atom. The maximum absolute atomic E-state index is 11.4. The summed E-state index contributed by atoms with van der Waals surface area (Å²) in [7, 11) is -2.67. The molecule has 7 atom stereocenters. The third kappa shape index (κ3) is 66.0. The first kappa shape index (κ1) is 87.7. The van der Waals surface area contributed by atoms with Crippen molar-refractivity contribution in [3.8, 4) is 0 Å².